The first-order valence-electron chi connectivity index (χ1n) is 5.00. The van der Waals surface area contributed by atoms with Crippen molar-refractivity contribution < 1.29 is 4.79 Å². The van der Waals surface area contributed by atoms with Gasteiger partial charge < -0.3 is 5.73 Å². The summed E-state index contributed by atoms with van der Waals surface area (Å²) in [4.78, 5) is 19.6. The van der Waals surface area contributed by atoms with E-state index in [1.165, 1.54) is 6.20 Å². The number of ketones is 1. The molecule has 0 amide bonds. The predicted octanol–water partition coefficient (Wildman–Crippen LogP) is 2.14. The Morgan fingerprint density at radius 2 is 2.12 bits per heavy atom. The van der Waals surface area contributed by atoms with Gasteiger partial charge in [0, 0.05) is 24.4 Å². The lowest BCUT2D eigenvalue weighted by molar-refractivity contribution is 0.0992. The van der Waals surface area contributed by atoms with Crippen molar-refractivity contribution in [2.24, 2.45) is 0 Å². The molecule has 0 aliphatic rings. The molecule has 4 nitrogen and oxygen atoms in total. The van der Waals surface area contributed by atoms with Crippen LogP contribution in [-0.4, -0.2) is 15.8 Å². The maximum absolute atomic E-state index is 11.9. The topological polar surface area (TPSA) is 68.9 Å². The molecule has 0 radical (unpaired) electrons. The number of rotatable bonds is 3. The van der Waals surface area contributed by atoms with E-state index in [1.807, 2.05) is 0 Å². The van der Waals surface area contributed by atoms with Crippen LogP contribution in [0, 0.1) is 0 Å². The Morgan fingerprint density at radius 3 is 2.76 bits per heavy atom. The summed E-state index contributed by atoms with van der Waals surface area (Å²) in [7, 11) is 0. The van der Waals surface area contributed by atoms with Crippen molar-refractivity contribution in [3.63, 3.8) is 0 Å². The van der Waals surface area contributed by atoms with Gasteiger partial charge in [0.2, 0.25) is 0 Å². The molecule has 2 aromatic rings. The molecular weight excluding hydrogens is 238 g/mol. The third-order valence-electron chi connectivity index (χ3n) is 2.26. The van der Waals surface area contributed by atoms with E-state index in [2.05, 4.69) is 9.97 Å². The monoisotopic (exact) mass is 247 g/mol. The van der Waals surface area contributed by atoms with Crippen LogP contribution in [0.2, 0.25) is 5.15 Å². The van der Waals surface area contributed by atoms with Crippen molar-refractivity contribution in [2.45, 2.75) is 6.42 Å². The minimum atomic E-state index is -0.0280. The van der Waals surface area contributed by atoms with E-state index in [0.29, 0.717) is 16.5 Å². The molecule has 0 aliphatic carbocycles. The summed E-state index contributed by atoms with van der Waals surface area (Å²) >= 11 is 5.65. The lowest BCUT2D eigenvalue weighted by Crippen LogP contribution is -2.04. The highest BCUT2D eigenvalue weighted by molar-refractivity contribution is 6.29. The van der Waals surface area contributed by atoms with E-state index in [9.17, 15) is 4.79 Å². The molecule has 0 unspecified atom stereocenters. The fraction of sp³-hybridized carbons (Fsp3) is 0.0833. The molecule has 0 spiro atoms. The average Bonchev–Trinajstić information content (AvgIpc) is 2.29. The Morgan fingerprint density at radius 1 is 1.29 bits per heavy atom. The second kappa shape index (κ2) is 4.93. The molecule has 86 valence electrons. The van der Waals surface area contributed by atoms with Crippen LogP contribution in [0.4, 0.5) is 5.82 Å². The van der Waals surface area contributed by atoms with Gasteiger partial charge in [-0.1, -0.05) is 11.6 Å². The molecule has 5 heteroatoms. The molecule has 2 heterocycles. The summed E-state index contributed by atoms with van der Waals surface area (Å²) in [5.74, 6) is 0.379. The van der Waals surface area contributed by atoms with Crippen LogP contribution < -0.4 is 5.73 Å². The van der Waals surface area contributed by atoms with Gasteiger partial charge >= 0.3 is 0 Å². The van der Waals surface area contributed by atoms with Crippen LogP contribution in [0.3, 0.4) is 0 Å². The first-order valence-corrected chi connectivity index (χ1v) is 5.38. The first kappa shape index (κ1) is 11.5. The number of anilines is 1. The van der Waals surface area contributed by atoms with E-state index >= 15 is 0 Å². The number of aromatic nitrogens is 2. The second-order valence-corrected chi connectivity index (χ2v) is 3.95. The van der Waals surface area contributed by atoms with Gasteiger partial charge in [0.1, 0.15) is 11.0 Å². The number of hydrogen-bond donors (Lipinski definition) is 1. The van der Waals surface area contributed by atoms with Gasteiger partial charge in [-0.25, -0.2) is 9.97 Å². The predicted molar refractivity (Wildman–Crippen MR) is 65.9 cm³/mol. The van der Waals surface area contributed by atoms with Crippen LogP contribution in [0.15, 0.2) is 36.7 Å². The second-order valence-electron chi connectivity index (χ2n) is 3.56. The van der Waals surface area contributed by atoms with Crippen LogP contribution in [0.5, 0.6) is 0 Å². The van der Waals surface area contributed by atoms with E-state index in [4.69, 9.17) is 17.3 Å². The van der Waals surface area contributed by atoms with Crippen molar-refractivity contribution in [3.05, 3.63) is 52.9 Å². The van der Waals surface area contributed by atoms with Crippen molar-refractivity contribution >= 4 is 23.2 Å². The van der Waals surface area contributed by atoms with Gasteiger partial charge in [0.05, 0.1) is 0 Å². The van der Waals surface area contributed by atoms with E-state index in [0.717, 1.165) is 5.56 Å². The average molecular weight is 248 g/mol. The molecular formula is C12H10ClN3O. The largest absolute Gasteiger partial charge is 0.384 e. The van der Waals surface area contributed by atoms with Crippen LogP contribution in [-0.2, 0) is 6.42 Å². The molecule has 2 rings (SSSR count). The van der Waals surface area contributed by atoms with Gasteiger partial charge in [-0.05, 0) is 29.8 Å². The van der Waals surface area contributed by atoms with Gasteiger partial charge in [-0.15, -0.1) is 0 Å². The van der Waals surface area contributed by atoms with Gasteiger partial charge in [-0.2, -0.15) is 0 Å². The Balaban J connectivity index is 2.14. The van der Waals surface area contributed by atoms with Gasteiger partial charge in [0.25, 0.3) is 0 Å². The number of hydrogen-bond acceptors (Lipinski definition) is 4. The first-order chi connectivity index (χ1) is 8.15. The number of carbonyl (C=O) groups excluding carboxylic acids is 1. The molecule has 0 bridgehead atoms. The Bertz CT molecular complexity index is 540. The number of halogens is 1. The number of Topliss-reactive ketones (excluding diaryl/α,β-unsaturated/α-hetero) is 1. The zero-order valence-corrected chi connectivity index (χ0v) is 9.69. The summed E-state index contributed by atoms with van der Waals surface area (Å²) in [6, 6.07) is 6.69. The molecule has 0 saturated carbocycles. The summed E-state index contributed by atoms with van der Waals surface area (Å²) in [6.07, 6.45) is 3.32. The van der Waals surface area contributed by atoms with Crippen LogP contribution in [0.25, 0.3) is 0 Å². The number of carbonyl (C=O) groups is 1. The van der Waals surface area contributed by atoms with Crippen molar-refractivity contribution in [2.75, 3.05) is 5.73 Å². The maximum Gasteiger partial charge on any atom is 0.168 e. The van der Waals surface area contributed by atoms with E-state index < -0.39 is 0 Å². The Hall–Kier alpha value is -1.94. The minimum Gasteiger partial charge on any atom is -0.384 e. The fourth-order valence-electron chi connectivity index (χ4n) is 1.43. The van der Waals surface area contributed by atoms with Gasteiger partial charge in [0.15, 0.2) is 5.78 Å². The molecule has 2 aromatic heterocycles. The van der Waals surface area contributed by atoms with E-state index in [1.54, 1.807) is 30.5 Å². The van der Waals surface area contributed by atoms with E-state index in [-0.39, 0.29) is 12.2 Å². The van der Waals surface area contributed by atoms with Crippen molar-refractivity contribution in [1.29, 1.82) is 0 Å². The van der Waals surface area contributed by atoms with Gasteiger partial charge in [-0.3, -0.25) is 4.79 Å². The zero-order chi connectivity index (χ0) is 12.3. The van der Waals surface area contributed by atoms with Crippen molar-refractivity contribution in [3.8, 4) is 0 Å². The highest BCUT2D eigenvalue weighted by Crippen LogP contribution is 2.10. The SMILES string of the molecule is Nc1cc(CC(=O)c2ccc(Cl)nc2)ccn1. The van der Waals surface area contributed by atoms with Crippen LogP contribution in [0.1, 0.15) is 15.9 Å². The number of nitrogen functional groups attached to an aromatic ring is 1. The Kier molecular flexibility index (Phi) is 3.35. The number of nitrogens with two attached hydrogens (primary N) is 1. The lowest BCUT2D eigenvalue weighted by Gasteiger charge is -2.02. The highest BCUT2D eigenvalue weighted by Gasteiger charge is 2.07. The third kappa shape index (κ3) is 3.01. The highest BCUT2D eigenvalue weighted by atomic mass is 35.5. The normalized spacial score (nSPS) is 10.2. The lowest BCUT2D eigenvalue weighted by atomic mass is 10.1. The minimum absolute atomic E-state index is 0.0280. The quantitative estimate of drug-likeness (QED) is 0.666. The standard InChI is InChI=1S/C12H10ClN3O/c13-11-2-1-9(7-16-11)10(17)5-8-3-4-15-12(14)6-8/h1-4,6-7H,5H2,(H2,14,15). The molecule has 17 heavy (non-hydrogen) atoms. The molecule has 0 aromatic carbocycles. The van der Waals surface area contributed by atoms with Crippen molar-refractivity contribution in [1.82, 2.24) is 9.97 Å². The maximum atomic E-state index is 11.9. The summed E-state index contributed by atoms with van der Waals surface area (Å²) in [6.45, 7) is 0. The number of pyridine rings is 2. The summed E-state index contributed by atoms with van der Waals surface area (Å²) in [5.41, 5.74) is 6.90. The Labute approximate surface area is 103 Å². The fourth-order valence-corrected chi connectivity index (χ4v) is 1.54. The third-order valence-corrected chi connectivity index (χ3v) is 2.48. The molecule has 0 aliphatic heterocycles. The molecule has 0 atom stereocenters. The smallest absolute Gasteiger partial charge is 0.168 e. The molecule has 0 fully saturated rings. The molecule has 2 N–H and O–H groups in total. The number of nitrogens with zero attached hydrogens (tertiary/aromatic N) is 2. The zero-order valence-electron chi connectivity index (χ0n) is 8.93. The summed E-state index contributed by atoms with van der Waals surface area (Å²) in [5, 5.41) is 0.370. The van der Waals surface area contributed by atoms with Crippen LogP contribution >= 0.6 is 11.6 Å². The molecule has 0 saturated heterocycles. The summed E-state index contributed by atoms with van der Waals surface area (Å²) < 4.78 is 0.